The molecule has 30 heavy (non-hydrogen) atoms. The van der Waals surface area contributed by atoms with E-state index in [0.29, 0.717) is 11.1 Å². The number of carbonyl (C=O) groups is 2. The van der Waals surface area contributed by atoms with Crippen molar-refractivity contribution in [3.8, 4) is 16.9 Å². The zero-order chi connectivity index (χ0) is 22.0. The van der Waals surface area contributed by atoms with Gasteiger partial charge in [-0.1, -0.05) is 24.3 Å². The lowest BCUT2D eigenvalue weighted by Gasteiger charge is -2.25. The van der Waals surface area contributed by atoms with Gasteiger partial charge < -0.3 is 19.7 Å². The summed E-state index contributed by atoms with van der Waals surface area (Å²) in [5.74, 6) is -1.21. The standard InChI is InChI=1S/C23H24N2O5/c1-13-7-5-6-8-17(13)20-12-24-21(26)19-11-16(9-10-18(19)20)30-15(3)22(27)25(4)14(2)23(28)29/h5-12,14-15H,1-4H3,(H,24,26)(H,28,29)/t14-,15-/m1/s1. The minimum atomic E-state index is -1.10. The molecule has 2 aromatic carbocycles. The number of H-pyrrole nitrogens is 1. The highest BCUT2D eigenvalue weighted by Crippen LogP contribution is 2.30. The van der Waals surface area contributed by atoms with E-state index >= 15 is 0 Å². The Morgan fingerprint density at radius 3 is 2.43 bits per heavy atom. The fourth-order valence-electron chi connectivity index (χ4n) is 3.31. The van der Waals surface area contributed by atoms with E-state index in [-0.39, 0.29) is 5.56 Å². The Balaban J connectivity index is 1.94. The second-order valence-electron chi connectivity index (χ2n) is 7.28. The number of pyridine rings is 1. The molecule has 0 saturated carbocycles. The monoisotopic (exact) mass is 408 g/mol. The SMILES string of the molecule is Cc1ccccc1-c1c[nH]c(=O)c2cc(O[C@H](C)C(=O)N(C)[C@H](C)C(=O)O)ccc12. The van der Waals surface area contributed by atoms with Gasteiger partial charge >= 0.3 is 5.97 Å². The van der Waals surface area contributed by atoms with Crippen LogP contribution in [0.2, 0.25) is 0 Å². The third-order valence-corrected chi connectivity index (χ3v) is 5.26. The van der Waals surface area contributed by atoms with Crippen molar-refractivity contribution in [3.63, 3.8) is 0 Å². The van der Waals surface area contributed by atoms with E-state index in [9.17, 15) is 14.4 Å². The van der Waals surface area contributed by atoms with E-state index < -0.39 is 24.0 Å². The van der Waals surface area contributed by atoms with Crippen molar-refractivity contribution in [3.05, 3.63) is 64.6 Å². The molecule has 0 bridgehead atoms. The number of rotatable bonds is 6. The first-order valence-corrected chi connectivity index (χ1v) is 9.58. The van der Waals surface area contributed by atoms with E-state index in [1.54, 1.807) is 31.3 Å². The highest BCUT2D eigenvalue weighted by molar-refractivity contribution is 5.97. The highest BCUT2D eigenvalue weighted by Gasteiger charge is 2.27. The van der Waals surface area contributed by atoms with E-state index in [0.717, 1.165) is 27.0 Å². The number of carboxylic acid groups (broad SMARTS) is 1. The second kappa shape index (κ2) is 8.41. The van der Waals surface area contributed by atoms with Crippen molar-refractivity contribution in [2.75, 3.05) is 7.05 Å². The van der Waals surface area contributed by atoms with E-state index in [4.69, 9.17) is 9.84 Å². The molecule has 0 saturated heterocycles. The number of nitrogens with zero attached hydrogens (tertiary/aromatic N) is 1. The first-order chi connectivity index (χ1) is 14.2. The Bertz CT molecular complexity index is 1170. The first-order valence-electron chi connectivity index (χ1n) is 9.58. The number of carbonyl (C=O) groups excluding carboxylic acids is 1. The molecule has 0 aliphatic heterocycles. The maximum absolute atomic E-state index is 12.5. The lowest BCUT2D eigenvalue weighted by Crippen LogP contribution is -2.46. The van der Waals surface area contributed by atoms with Crippen LogP contribution < -0.4 is 10.3 Å². The van der Waals surface area contributed by atoms with Crippen LogP contribution >= 0.6 is 0 Å². The molecule has 0 aliphatic carbocycles. The molecule has 3 aromatic rings. The van der Waals surface area contributed by atoms with Gasteiger partial charge in [-0.15, -0.1) is 0 Å². The molecule has 0 unspecified atom stereocenters. The molecule has 2 N–H and O–H groups in total. The summed E-state index contributed by atoms with van der Waals surface area (Å²) in [6, 6.07) is 12.0. The zero-order valence-corrected chi connectivity index (χ0v) is 17.3. The van der Waals surface area contributed by atoms with E-state index in [1.165, 1.54) is 14.0 Å². The zero-order valence-electron chi connectivity index (χ0n) is 17.3. The van der Waals surface area contributed by atoms with Gasteiger partial charge in [0, 0.05) is 18.8 Å². The molecule has 0 aliphatic rings. The fourth-order valence-corrected chi connectivity index (χ4v) is 3.31. The number of aryl methyl sites for hydroxylation is 1. The van der Waals surface area contributed by atoms with Crippen molar-refractivity contribution in [2.24, 2.45) is 0 Å². The van der Waals surface area contributed by atoms with Crippen molar-refractivity contribution < 1.29 is 19.4 Å². The summed E-state index contributed by atoms with van der Waals surface area (Å²) in [6.45, 7) is 4.98. The van der Waals surface area contributed by atoms with Gasteiger partial charge in [-0.2, -0.15) is 0 Å². The minimum absolute atomic E-state index is 0.261. The summed E-state index contributed by atoms with van der Waals surface area (Å²) in [6.07, 6.45) is 0.787. The summed E-state index contributed by atoms with van der Waals surface area (Å²) in [7, 11) is 1.42. The number of carboxylic acids is 1. The number of likely N-dealkylation sites (N-methyl/N-ethyl adjacent to an activating group) is 1. The third kappa shape index (κ3) is 4.05. The maximum Gasteiger partial charge on any atom is 0.326 e. The quantitative estimate of drug-likeness (QED) is 0.652. The normalized spacial score (nSPS) is 12.9. The smallest absolute Gasteiger partial charge is 0.326 e. The molecule has 7 nitrogen and oxygen atoms in total. The van der Waals surface area contributed by atoms with Crippen LogP contribution in [0.3, 0.4) is 0 Å². The van der Waals surface area contributed by atoms with Crippen molar-refractivity contribution in [2.45, 2.75) is 32.9 Å². The van der Waals surface area contributed by atoms with Crippen LogP contribution in [0.5, 0.6) is 5.75 Å². The Morgan fingerprint density at radius 2 is 1.77 bits per heavy atom. The molecule has 1 heterocycles. The molecule has 0 fully saturated rings. The van der Waals surface area contributed by atoms with E-state index in [2.05, 4.69) is 4.98 Å². The Kier molecular flexibility index (Phi) is 5.91. The molecule has 7 heteroatoms. The van der Waals surface area contributed by atoms with Crippen LogP contribution in [-0.2, 0) is 9.59 Å². The predicted molar refractivity (Wildman–Crippen MR) is 115 cm³/mol. The van der Waals surface area contributed by atoms with Crippen LogP contribution in [0.1, 0.15) is 19.4 Å². The Hall–Kier alpha value is -3.61. The number of fused-ring (bicyclic) bond motifs is 1. The highest BCUT2D eigenvalue weighted by atomic mass is 16.5. The van der Waals surface area contributed by atoms with Gasteiger partial charge in [0.2, 0.25) is 0 Å². The number of aromatic nitrogens is 1. The summed E-state index contributed by atoms with van der Waals surface area (Å²) < 4.78 is 5.72. The van der Waals surface area contributed by atoms with Gasteiger partial charge in [0.05, 0.1) is 5.39 Å². The summed E-state index contributed by atoms with van der Waals surface area (Å²) in [5, 5.41) is 10.3. The lowest BCUT2D eigenvalue weighted by atomic mass is 9.97. The lowest BCUT2D eigenvalue weighted by molar-refractivity contribution is -0.150. The summed E-state index contributed by atoms with van der Waals surface area (Å²) in [4.78, 5) is 39.9. The van der Waals surface area contributed by atoms with Gasteiger partial charge in [0.25, 0.3) is 11.5 Å². The van der Waals surface area contributed by atoms with Crippen molar-refractivity contribution in [1.29, 1.82) is 0 Å². The largest absolute Gasteiger partial charge is 0.481 e. The number of hydrogen-bond donors (Lipinski definition) is 2. The van der Waals surface area contributed by atoms with Gasteiger partial charge in [-0.25, -0.2) is 4.79 Å². The average Bonchev–Trinajstić information content (AvgIpc) is 2.73. The van der Waals surface area contributed by atoms with Gasteiger partial charge in [-0.3, -0.25) is 9.59 Å². The summed E-state index contributed by atoms with van der Waals surface area (Å²) >= 11 is 0. The number of aliphatic carboxylic acids is 1. The van der Waals surface area contributed by atoms with Crippen LogP contribution in [0.15, 0.2) is 53.5 Å². The molecule has 0 radical (unpaired) electrons. The van der Waals surface area contributed by atoms with Crippen molar-refractivity contribution >= 4 is 22.6 Å². The van der Waals surface area contributed by atoms with Crippen LogP contribution in [0.25, 0.3) is 21.9 Å². The van der Waals surface area contributed by atoms with Crippen LogP contribution in [-0.4, -0.2) is 46.1 Å². The average molecular weight is 408 g/mol. The maximum atomic E-state index is 12.5. The second-order valence-corrected chi connectivity index (χ2v) is 7.28. The Morgan fingerprint density at radius 1 is 1.07 bits per heavy atom. The van der Waals surface area contributed by atoms with Crippen molar-refractivity contribution in [1.82, 2.24) is 9.88 Å². The van der Waals surface area contributed by atoms with Gasteiger partial charge in [0.15, 0.2) is 6.10 Å². The molecule has 0 spiro atoms. The number of aromatic amines is 1. The van der Waals surface area contributed by atoms with Crippen LogP contribution in [0.4, 0.5) is 0 Å². The fraction of sp³-hybridized carbons (Fsp3) is 0.261. The number of amides is 1. The topological polar surface area (TPSA) is 99.7 Å². The molecule has 1 aromatic heterocycles. The number of ether oxygens (including phenoxy) is 1. The molecule has 156 valence electrons. The number of nitrogens with one attached hydrogen (secondary N) is 1. The molecule has 2 atom stereocenters. The number of benzene rings is 2. The molecular weight excluding hydrogens is 384 g/mol. The molecular formula is C23H24N2O5. The van der Waals surface area contributed by atoms with Gasteiger partial charge in [0.1, 0.15) is 11.8 Å². The molecule has 3 rings (SSSR count). The first kappa shape index (κ1) is 21.1. The Labute approximate surface area is 173 Å². The third-order valence-electron chi connectivity index (χ3n) is 5.26. The van der Waals surface area contributed by atoms with Crippen LogP contribution in [0, 0.1) is 6.92 Å². The molecule has 1 amide bonds. The number of hydrogen-bond acceptors (Lipinski definition) is 4. The predicted octanol–water partition coefficient (Wildman–Crippen LogP) is 3.20. The van der Waals surface area contributed by atoms with Gasteiger partial charge in [-0.05, 0) is 55.5 Å². The summed E-state index contributed by atoms with van der Waals surface area (Å²) in [5.41, 5.74) is 2.73. The minimum Gasteiger partial charge on any atom is -0.481 e. The van der Waals surface area contributed by atoms with E-state index in [1.807, 2.05) is 31.2 Å².